The molecule has 0 amide bonds. The fraction of sp³-hybridized carbons (Fsp3) is 0.667. The topological polar surface area (TPSA) is 12.9 Å². The lowest BCUT2D eigenvalue weighted by molar-refractivity contribution is 0.439. The van der Waals surface area contributed by atoms with Crippen LogP contribution in [0.4, 0.5) is 0 Å². The second-order valence-electron chi connectivity index (χ2n) is 4.68. The van der Waals surface area contributed by atoms with Crippen LogP contribution in [-0.4, -0.2) is 4.98 Å². The van der Waals surface area contributed by atoms with Gasteiger partial charge >= 0.3 is 0 Å². The van der Waals surface area contributed by atoms with Crippen LogP contribution < -0.4 is 0 Å². The van der Waals surface area contributed by atoms with Gasteiger partial charge in [0.25, 0.3) is 0 Å². The Kier molecular flexibility index (Phi) is 6.87. The Bertz CT molecular complexity index is 255. The number of rotatable bonds is 8. The van der Waals surface area contributed by atoms with Crippen LogP contribution in [0.1, 0.15) is 57.9 Å². The van der Waals surface area contributed by atoms with Crippen molar-refractivity contribution in [1.82, 2.24) is 4.98 Å². The number of nitrogens with zero attached hydrogens (tertiary/aromatic N) is 1. The summed E-state index contributed by atoms with van der Waals surface area (Å²) in [5.74, 6) is 0.860. The molecule has 0 spiro atoms. The van der Waals surface area contributed by atoms with Crippen molar-refractivity contribution in [2.24, 2.45) is 5.92 Å². The molecule has 0 fully saturated rings. The van der Waals surface area contributed by atoms with E-state index in [9.17, 15) is 0 Å². The highest BCUT2D eigenvalue weighted by molar-refractivity contribution is 5.10. The summed E-state index contributed by atoms with van der Waals surface area (Å²) < 4.78 is 0. The number of unbranched alkanes of at least 4 members (excludes halogenated alkanes) is 3. The average Bonchev–Trinajstić information content (AvgIpc) is 2.34. The van der Waals surface area contributed by atoms with Crippen LogP contribution in [0.5, 0.6) is 0 Å². The lowest BCUT2D eigenvalue weighted by atomic mass is 9.92. The highest BCUT2D eigenvalue weighted by Crippen LogP contribution is 2.18. The molecule has 1 atom stereocenters. The smallest absolute Gasteiger partial charge is 0.0270 e. The van der Waals surface area contributed by atoms with Crippen molar-refractivity contribution in [2.75, 3.05) is 0 Å². The fourth-order valence-corrected chi connectivity index (χ4v) is 2.16. The third-order valence-electron chi connectivity index (χ3n) is 3.32. The standard InChI is InChI=1S/C15H25N/c1-3-5-6-7-8-14(4-2)13-15-9-11-16-12-10-15/h9-12,14H,3-8,13H2,1-2H3. The molecule has 1 heterocycles. The molecule has 0 aliphatic rings. The zero-order chi connectivity index (χ0) is 11.6. The molecule has 90 valence electrons. The third-order valence-corrected chi connectivity index (χ3v) is 3.32. The maximum atomic E-state index is 4.06. The minimum Gasteiger partial charge on any atom is -0.265 e. The van der Waals surface area contributed by atoms with Crippen LogP contribution in [0.25, 0.3) is 0 Å². The van der Waals surface area contributed by atoms with Crippen LogP contribution in [0.15, 0.2) is 24.5 Å². The zero-order valence-electron chi connectivity index (χ0n) is 10.8. The van der Waals surface area contributed by atoms with E-state index in [2.05, 4.69) is 31.0 Å². The molecule has 0 aliphatic heterocycles. The third kappa shape index (κ3) is 5.29. The highest BCUT2D eigenvalue weighted by Gasteiger charge is 2.06. The normalized spacial score (nSPS) is 12.6. The molecule has 1 rings (SSSR count). The quantitative estimate of drug-likeness (QED) is 0.581. The zero-order valence-corrected chi connectivity index (χ0v) is 10.8. The summed E-state index contributed by atoms with van der Waals surface area (Å²) in [5, 5.41) is 0. The van der Waals surface area contributed by atoms with Gasteiger partial charge in [0.15, 0.2) is 0 Å². The Hall–Kier alpha value is -0.850. The van der Waals surface area contributed by atoms with Crippen LogP contribution in [0.3, 0.4) is 0 Å². The fourth-order valence-electron chi connectivity index (χ4n) is 2.16. The Morgan fingerprint density at radius 3 is 2.44 bits per heavy atom. The molecular weight excluding hydrogens is 194 g/mol. The molecule has 1 unspecified atom stereocenters. The first-order valence-electron chi connectivity index (χ1n) is 6.75. The first kappa shape index (κ1) is 13.2. The molecule has 0 bridgehead atoms. The maximum Gasteiger partial charge on any atom is 0.0270 e. The molecule has 16 heavy (non-hydrogen) atoms. The first-order chi connectivity index (χ1) is 7.86. The monoisotopic (exact) mass is 219 g/mol. The summed E-state index contributed by atoms with van der Waals surface area (Å²) in [7, 11) is 0. The maximum absolute atomic E-state index is 4.06. The van der Waals surface area contributed by atoms with Crippen molar-refractivity contribution in [3.63, 3.8) is 0 Å². The van der Waals surface area contributed by atoms with Crippen molar-refractivity contribution < 1.29 is 0 Å². The van der Waals surface area contributed by atoms with E-state index in [1.54, 1.807) is 0 Å². The van der Waals surface area contributed by atoms with E-state index in [1.807, 2.05) is 12.4 Å². The Morgan fingerprint density at radius 1 is 1.06 bits per heavy atom. The van der Waals surface area contributed by atoms with E-state index in [1.165, 1.54) is 50.5 Å². The summed E-state index contributed by atoms with van der Waals surface area (Å²) in [6.07, 6.45) is 13.3. The van der Waals surface area contributed by atoms with Crippen molar-refractivity contribution >= 4 is 0 Å². The minimum atomic E-state index is 0.860. The summed E-state index contributed by atoms with van der Waals surface area (Å²) >= 11 is 0. The molecule has 0 aromatic carbocycles. The van der Waals surface area contributed by atoms with Gasteiger partial charge in [0.2, 0.25) is 0 Å². The molecular formula is C15H25N. The van der Waals surface area contributed by atoms with Crippen LogP contribution in [-0.2, 0) is 6.42 Å². The second-order valence-corrected chi connectivity index (χ2v) is 4.68. The van der Waals surface area contributed by atoms with E-state index in [0.29, 0.717) is 0 Å². The SMILES string of the molecule is CCCCCCC(CC)Cc1ccncc1. The Balaban J connectivity index is 2.26. The molecule has 1 aromatic rings. The van der Waals surface area contributed by atoms with Gasteiger partial charge in [0.05, 0.1) is 0 Å². The molecule has 0 N–H and O–H groups in total. The molecule has 0 aliphatic carbocycles. The van der Waals surface area contributed by atoms with Gasteiger partial charge in [-0.25, -0.2) is 0 Å². The van der Waals surface area contributed by atoms with Gasteiger partial charge in [-0.15, -0.1) is 0 Å². The number of hydrogen-bond donors (Lipinski definition) is 0. The van der Waals surface area contributed by atoms with Crippen molar-refractivity contribution in [2.45, 2.75) is 58.8 Å². The van der Waals surface area contributed by atoms with Crippen LogP contribution in [0, 0.1) is 5.92 Å². The predicted molar refractivity (Wildman–Crippen MR) is 70.5 cm³/mol. The number of pyridine rings is 1. The average molecular weight is 219 g/mol. The first-order valence-corrected chi connectivity index (χ1v) is 6.75. The summed E-state index contributed by atoms with van der Waals surface area (Å²) in [6.45, 7) is 4.58. The van der Waals surface area contributed by atoms with Gasteiger partial charge in [-0.1, -0.05) is 52.4 Å². The van der Waals surface area contributed by atoms with Crippen LogP contribution in [0.2, 0.25) is 0 Å². The summed E-state index contributed by atoms with van der Waals surface area (Å²) in [4.78, 5) is 4.06. The molecule has 0 saturated carbocycles. The van der Waals surface area contributed by atoms with E-state index in [-0.39, 0.29) is 0 Å². The minimum absolute atomic E-state index is 0.860. The Labute approximate surface area is 100 Å². The van der Waals surface area contributed by atoms with E-state index in [4.69, 9.17) is 0 Å². The van der Waals surface area contributed by atoms with Gasteiger partial charge in [-0.2, -0.15) is 0 Å². The summed E-state index contributed by atoms with van der Waals surface area (Å²) in [6, 6.07) is 4.30. The van der Waals surface area contributed by atoms with Crippen molar-refractivity contribution in [3.05, 3.63) is 30.1 Å². The van der Waals surface area contributed by atoms with Gasteiger partial charge in [0.1, 0.15) is 0 Å². The number of aromatic nitrogens is 1. The van der Waals surface area contributed by atoms with Crippen LogP contribution >= 0.6 is 0 Å². The highest BCUT2D eigenvalue weighted by atomic mass is 14.6. The van der Waals surface area contributed by atoms with E-state index >= 15 is 0 Å². The molecule has 0 radical (unpaired) electrons. The number of hydrogen-bond acceptors (Lipinski definition) is 1. The molecule has 1 heteroatoms. The van der Waals surface area contributed by atoms with E-state index < -0.39 is 0 Å². The molecule has 1 aromatic heterocycles. The predicted octanol–water partition coefficient (Wildman–Crippen LogP) is 4.62. The molecule has 1 nitrogen and oxygen atoms in total. The van der Waals surface area contributed by atoms with Crippen molar-refractivity contribution in [1.29, 1.82) is 0 Å². The van der Waals surface area contributed by atoms with Gasteiger partial charge in [0, 0.05) is 12.4 Å². The molecule has 0 saturated heterocycles. The van der Waals surface area contributed by atoms with Crippen molar-refractivity contribution in [3.8, 4) is 0 Å². The van der Waals surface area contributed by atoms with Gasteiger partial charge in [-0.3, -0.25) is 4.98 Å². The summed E-state index contributed by atoms with van der Waals surface area (Å²) in [5.41, 5.74) is 1.44. The lowest BCUT2D eigenvalue weighted by Crippen LogP contribution is -2.03. The second kappa shape index (κ2) is 8.32. The Morgan fingerprint density at radius 2 is 1.81 bits per heavy atom. The van der Waals surface area contributed by atoms with E-state index in [0.717, 1.165) is 5.92 Å². The lowest BCUT2D eigenvalue weighted by Gasteiger charge is -2.14. The van der Waals surface area contributed by atoms with Gasteiger partial charge in [-0.05, 0) is 30.0 Å². The van der Waals surface area contributed by atoms with Gasteiger partial charge < -0.3 is 0 Å². The largest absolute Gasteiger partial charge is 0.265 e.